The Balaban J connectivity index is 1.20. The molecule has 1 N–H and O–H groups in total. The summed E-state index contributed by atoms with van der Waals surface area (Å²) in [5, 5.41) is 3.20. The molecule has 5 fully saturated rings. The van der Waals surface area contributed by atoms with Crippen LogP contribution in [0.2, 0.25) is 0 Å². The van der Waals surface area contributed by atoms with Gasteiger partial charge in [0.15, 0.2) is 6.61 Å². The Morgan fingerprint density at radius 2 is 1.59 bits per heavy atom. The quantitative estimate of drug-likeness (QED) is 0.618. The average molecular weight is 489 g/mol. The zero-order chi connectivity index (χ0) is 24.1. The first-order chi connectivity index (χ1) is 16.1. The molecule has 0 spiro atoms. The molecule has 0 unspecified atom stereocenters. The molecule has 4 saturated carbocycles. The summed E-state index contributed by atoms with van der Waals surface area (Å²) < 4.78 is 33.2. The lowest BCUT2D eigenvalue weighted by atomic mass is 9.53. The maximum absolute atomic E-state index is 13.2. The molecule has 4 aliphatic carbocycles. The Bertz CT molecular complexity index is 1020. The van der Waals surface area contributed by atoms with Gasteiger partial charge >= 0.3 is 5.97 Å². The van der Waals surface area contributed by atoms with Gasteiger partial charge in [-0.2, -0.15) is 4.31 Å². The molecule has 5 aliphatic rings. The Labute approximate surface area is 202 Å². The van der Waals surface area contributed by atoms with Crippen LogP contribution in [0.3, 0.4) is 0 Å². The molecule has 0 radical (unpaired) electrons. The van der Waals surface area contributed by atoms with Crippen molar-refractivity contribution in [2.24, 2.45) is 29.6 Å². The summed E-state index contributed by atoms with van der Waals surface area (Å²) in [6, 6.07) is 5.95. The van der Waals surface area contributed by atoms with E-state index >= 15 is 0 Å². The van der Waals surface area contributed by atoms with Gasteiger partial charge in [-0.3, -0.25) is 4.79 Å². The van der Waals surface area contributed by atoms with E-state index in [1.165, 1.54) is 41.8 Å². The van der Waals surface area contributed by atoms with Crippen LogP contribution in [-0.2, 0) is 19.6 Å². The van der Waals surface area contributed by atoms with E-state index in [0.29, 0.717) is 42.7 Å². The van der Waals surface area contributed by atoms with Crippen LogP contribution in [0, 0.1) is 29.6 Å². The first-order valence-corrected chi connectivity index (χ1v) is 14.1. The Morgan fingerprint density at radius 3 is 2.18 bits per heavy atom. The smallest absolute Gasteiger partial charge is 0.338 e. The lowest BCUT2D eigenvalue weighted by Gasteiger charge is -2.56. The summed E-state index contributed by atoms with van der Waals surface area (Å²) in [6.07, 6.45) is 7.98. The number of carbonyl (C=O) groups excluding carboxylic acids is 2. The molecule has 0 aromatic heterocycles. The van der Waals surface area contributed by atoms with E-state index in [1.807, 2.05) is 0 Å². The summed E-state index contributed by atoms with van der Waals surface area (Å²) in [5.74, 6) is 1.77. The molecule has 1 aromatic carbocycles. The first kappa shape index (κ1) is 23.8. The van der Waals surface area contributed by atoms with Crippen molar-refractivity contribution < 1.29 is 22.7 Å². The summed E-state index contributed by atoms with van der Waals surface area (Å²) in [5.41, 5.74) is 0.0105. The minimum absolute atomic E-state index is 0.0845. The van der Waals surface area contributed by atoms with E-state index in [2.05, 4.69) is 19.2 Å². The number of rotatable bonds is 6. The van der Waals surface area contributed by atoms with E-state index in [0.717, 1.165) is 25.7 Å². The van der Waals surface area contributed by atoms with Crippen molar-refractivity contribution in [1.29, 1.82) is 0 Å². The number of sulfonamides is 1. The standard InChI is InChI=1S/C26H36N2O5S/c1-17-6-18(2)15-28(14-17)34(31,32)23-5-3-4-22(10-23)25(30)33-16-24(29)27-26-11-19-7-20(12-26)9-21(8-19)13-26/h3-5,10,17-21H,6-9,11-16H2,1-2H3,(H,27,29)/t17-,18+,19?,20?,21?,26?. The van der Waals surface area contributed by atoms with Gasteiger partial charge < -0.3 is 10.1 Å². The molecule has 6 rings (SSSR count). The number of benzene rings is 1. The summed E-state index contributed by atoms with van der Waals surface area (Å²) in [6.45, 7) is 4.72. The number of esters is 1. The highest BCUT2D eigenvalue weighted by atomic mass is 32.2. The van der Waals surface area contributed by atoms with Gasteiger partial charge in [0, 0.05) is 18.6 Å². The highest BCUT2D eigenvalue weighted by molar-refractivity contribution is 7.89. The van der Waals surface area contributed by atoms with Crippen LogP contribution in [0.25, 0.3) is 0 Å². The molecule has 1 aliphatic heterocycles. The maximum Gasteiger partial charge on any atom is 0.338 e. The van der Waals surface area contributed by atoms with Gasteiger partial charge in [0.25, 0.3) is 5.91 Å². The second-order valence-corrected chi connectivity index (χ2v) is 13.6. The van der Waals surface area contributed by atoms with Gasteiger partial charge in [-0.25, -0.2) is 13.2 Å². The highest BCUT2D eigenvalue weighted by Gasteiger charge is 2.51. The van der Waals surface area contributed by atoms with Crippen molar-refractivity contribution in [3.8, 4) is 0 Å². The molecule has 8 heteroatoms. The van der Waals surface area contributed by atoms with Crippen molar-refractivity contribution >= 4 is 21.9 Å². The Hall–Kier alpha value is -1.93. The van der Waals surface area contributed by atoms with E-state index in [9.17, 15) is 18.0 Å². The second kappa shape index (κ2) is 8.94. The summed E-state index contributed by atoms with van der Waals surface area (Å²) >= 11 is 0. The third kappa shape index (κ3) is 4.76. The van der Waals surface area contributed by atoms with Crippen molar-refractivity contribution in [2.75, 3.05) is 19.7 Å². The number of carbonyl (C=O) groups is 2. The molecule has 1 saturated heterocycles. The van der Waals surface area contributed by atoms with Gasteiger partial charge in [-0.15, -0.1) is 0 Å². The second-order valence-electron chi connectivity index (χ2n) is 11.6. The van der Waals surface area contributed by atoms with Crippen LogP contribution < -0.4 is 5.32 Å². The van der Waals surface area contributed by atoms with Gasteiger partial charge in [0.05, 0.1) is 10.5 Å². The first-order valence-electron chi connectivity index (χ1n) is 12.7. The monoisotopic (exact) mass is 488 g/mol. The summed E-state index contributed by atoms with van der Waals surface area (Å²) in [7, 11) is -3.70. The summed E-state index contributed by atoms with van der Waals surface area (Å²) in [4.78, 5) is 25.4. The molecule has 1 amide bonds. The molecule has 7 nitrogen and oxygen atoms in total. The number of nitrogens with zero attached hydrogens (tertiary/aromatic N) is 1. The van der Waals surface area contributed by atoms with Gasteiger partial charge in [-0.05, 0) is 92.7 Å². The Kier molecular flexibility index (Phi) is 6.25. The lowest BCUT2D eigenvalue weighted by molar-refractivity contribution is -0.130. The van der Waals surface area contributed by atoms with Crippen molar-refractivity contribution in [2.45, 2.75) is 69.2 Å². The third-order valence-corrected chi connectivity index (χ3v) is 10.1. The highest BCUT2D eigenvalue weighted by Crippen LogP contribution is 2.55. The zero-order valence-corrected chi connectivity index (χ0v) is 21.0. The van der Waals surface area contributed by atoms with Crippen molar-refractivity contribution in [3.05, 3.63) is 29.8 Å². The number of hydrogen-bond donors (Lipinski definition) is 1. The van der Waals surface area contributed by atoms with Crippen LogP contribution >= 0.6 is 0 Å². The van der Waals surface area contributed by atoms with E-state index in [4.69, 9.17) is 4.74 Å². The third-order valence-electron chi connectivity index (χ3n) is 8.32. The Morgan fingerprint density at radius 1 is 1.00 bits per heavy atom. The zero-order valence-electron chi connectivity index (χ0n) is 20.2. The van der Waals surface area contributed by atoms with E-state index < -0.39 is 16.0 Å². The predicted molar refractivity (Wildman–Crippen MR) is 127 cm³/mol. The molecule has 1 aromatic rings. The number of amides is 1. The lowest BCUT2D eigenvalue weighted by Crippen LogP contribution is -2.60. The number of piperidine rings is 1. The number of ether oxygens (including phenoxy) is 1. The molecule has 34 heavy (non-hydrogen) atoms. The van der Waals surface area contributed by atoms with Crippen molar-refractivity contribution in [3.63, 3.8) is 0 Å². The normalized spacial score (nSPS) is 35.2. The molecule has 4 bridgehead atoms. The number of hydrogen-bond acceptors (Lipinski definition) is 5. The van der Waals surface area contributed by atoms with Gasteiger partial charge in [-0.1, -0.05) is 19.9 Å². The van der Waals surface area contributed by atoms with Gasteiger partial charge in [0.1, 0.15) is 0 Å². The van der Waals surface area contributed by atoms with E-state index in [-0.39, 0.29) is 28.5 Å². The van der Waals surface area contributed by atoms with Crippen LogP contribution in [0.15, 0.2) is 29.2 Å². The molecule has 186 valence electrons. The molecular weight excluding hydrogens is 452 g/mol. The molecular formula is C26H36N2O5S. The topological polar surface area (TPSA) is 92.8 Å². The molecule has 1 heterocycles. The fraction of sp³-hybridized carbons (Fsp3) is 0.692. The van der Waals surface area contributed by atoms with Gasteiger partial charge in [0.2, 0.25) is 10.0 Å². The van der Waals surface area contributed by atoms with Crippen LogP contribution in [-0.4, -0.2) is 49.8 Å². The van der Waals surface area contributed by atoms with Crippen LogP contribution in [0.5, 0.6) is 0 Å². The van der Waals surface area contributed by atoms with Crippen LogP contribution in [0.1, 0.15) is 69.2 Å². The average Bonchev–Trinajstić information content (AvgIpc) is 2.75. The minimum atomic E-state index is -3.70. The van der Waals surface area contributed by atoms with E-state index in [1.54, 1.807) is 6.07 Å². The van der Waals surface area contributed by atoms with Crippen LogP contribution in [0.4, 0.5) is 0 Å². The molecule has 2 atom stereocenters. The fourth-order valence-electron chi connectivity index (χ4n) is 7.54. The predicted octanol–water partition coefficient (Wildman–Crippen LogP) is 3.60. The number of nitrogens with one attached hydrogen (secondary N) is 1. The fourth-order valence-corrected chi connectivity index (χ4v) is 9.27. The van der Waals surface area contributed by atoms with Crippen molar-refractivity contribution in [1.82, 2.24) is 9.62 Å². The SMILES string of the molecule is C[C@@H]1C[C@H](C)CN(S(=O)(=O)c2cccc(C(=O)OCC(=O)NC34CC5CC(CC(C5)C3)C4)c2)C1. The maximum atomic E-state index is 13.2. The largest absolute Gasteiger partial charge is 0.452 e. The minimum Gasteiger partial charge on any atom is -0.452 e.